The van der Waals surface area contributed by atoms with Crippen molar-refractivity contribution >= 4 is 19.8 Å². The van der Waals surface area contributed by atoms with Crippen LogP contribution in [0.15, 0.2) is 0 Å². The topological polar surface area (TPSA) is 63.7 Å². The van der Waals surface area contributed by atoms with E-state index in [0.717, 1.165) is 0 Å². The van der Waals surface area contributed by atoms with Crippen LogP contribution in [0.3, 0.4) is 0 Å². The van der Waals surface area contributed by atoms with Crippen molar-refractivity contribution in [2.45, 2.75) is 12.8 Å². The van der Waals surface area contributed by atoms with Gasteiger partial charge in [0.1, 0.15) is 0 Å². The molecule has 0 N–H and O–H groups in total. The Bertz CT molecular complexity index is 211. The Kier molecular flexibility index (Phi) is 2.42. The summed E-state index contributed by atoms with van der Waals surface area (Å²) in [6.45, 7) is 1.32. The molecule has 1 atom stereocenters. The molecule has 1 rings (SSSR count). The van der Waals surface area contributed by atoms with Gasteiger partial charge in [0.15, 0.2) is 0 Å². The molecule has 11 heavy (non-hydrogen) atoms. The lowest BCUT2D eigenvalue weighted by Gasteiger charge is -2.09. The van der Waals surface area contributed by atoms with Crippen molar-refractivity contribution in [3.05, 3.63) is 0 Å². The van der Waals surface area contributed by atoms with Gasteiger partial charge in [-0.1, -0.05) is 0 Å². The lowest BCUT2D eigenvalue weighted by atomic mass is 10.4. The number of carbonyl (C=O) groups excluding carboxylic acids is 2. The Balaban J connectivity index is 2.62. The van der Waals surface area contributed by atoms with E-state index in [2.05, 4.69) is 4.62 Å². The molecule has 0 aromatic heterocycles. The van der Waals surface area contributed by atoms with Gasteiger partial charge in [-0.3, -0.25) is 14.2 Å². The Morgan fingerprint density at radius 1 is 1.36 bits per heavy atom. The summed E-state index contributed by atoms with van der Waals surface area (Å²) in [5, 5.41) is 0.599. The van der Waals surface area contributed by atoms with Crippen LogP contribution in [-0.2, 0) is 18.8 Å². The largest absolute Gasteiger partial charge is 0.294 e. The Morgan fingerprint density at radius 2 is 1.82 bits per heavy atom. The molecule has 1 aliphatic rings. The number of carbonyl (C=O) groups is 2. The summed E-state index contributed by atoms with van der Waals surface area (Å²) >= 11 is 0. The number of amides is 2. The first-order valence-electron chi connectivity index (χ1n) is 3.15. The first-order chi connectivity index (χ1) is 5.11. The van der Waals surface area contributed by atoms with Gasteiger partial charge in [0, 0.05) is 19.5 Å². The smallest absolute Gasteiger partial charge is 0.254 e. The van der Waals surface area contributed by atoms with E-state index in [1.165, 1.54) is 6.66 Å². The molecule has 0 spiro atoms. The maximum Gasteiger partial charge on any atom is 0.254 e. The zero-order chi connectivity index (χ0) is 8.43. The monoisotopic (exact) mass is 177 g/mol. The van der Waals surface area contributed by atoms with Crippen LogP contribution in [0, 0.1) is 0 Å². The first-order valence-corrected chi connectivity index (χ1v) is 4.97. The van der Waals surface area contributed by atoms with Crippen LogP contribution in [0.5, 0.6) is 0 Å². The van der Waals surface area contributed by atoms with Crippen molar-refractivity contribution in [3.8, 4) is 0 Å². The number of hydrogen-bond donors (Lipinski definition) is 0. The van der Waals surface area contributed by atoms with Crippen LogP contribution >= 0.6 is 8.03 Å². The molecule has 0 saturated carbocycles. The van der Waals surface area contributed by atoms with E-state index in [-0.39, 0.29) is 12.8 Å². The highest BCUT2D eigenvalue weighted by Crippen LogP contribution is 2.23. The third-order valence-corrected chi connectivity index (χ3v) is 1.67. The van der Waals surface area contributed by atoms with Crippen molar-refractivity contribution in [1.29, 1.82) is 0 Å². The first kappa shape index (κ1) is 8.43. The molecule has 1 saturated heterocycles. The van der Waals surface area contributed by atoms with Gasteiger partial charge >= 0.3 is 0 Å². The second-order valence-electron chi connectivity index (χ2n) is 2.16. The van der Waals surface area contributed by atoms with E-state index >= 15 is 0 Å². The molecular formula is C5H8NO4P. The van der Waals surface area contributed by atoms with E-state index in [9.17, 15) is 14.2 Å². The Morgan fingerprint density at radius 3 is 2.18 bits per heavy atom. The van der Waals surface area contributed by atoms with Crippen molar-refractivity contribution < 1.29 is 18.8 Å². The summed E-state index contributed by atoms with van der Waals surface area (Å²) in [4.78, 5) is 21.6. The average molecular weight is 177 g/mol. The predicted molar refractivity (Wildman–Crippen MR) is 37.1 cm³/mol. The molecule has 6 heteroatoms. The van der Waals surface area contributed by atoms with Crippen molar-refractivity contribution in [1.82, 2.24) is 5.06 Å². The van der Waals surface area contributed by atoms with Gasteiger partial charge in [-0.05, 0) is 0 Å². The Hall–Kier alpha value is -0.670. The molecule has 0 aliphatic carbocycles. The minimum atomic E-state index is -2.25. The van der Waals surface area contributed by atoms with Gasteiger partial charge < -0.3 is 0 Å². The zero-order valence-electron chi connectivity index (χ0n) is 5.99. The lowest BCUT2D eigenvalue weighted by Crippen LogP contribution is -2.26. The van der Waals surface area contributed by atoms with Crippen molar-refractivity contribution in [3.63, 3.8) is 0 Å². The van der Waals surface area contributed by atoms with E-state index in [1.54, 1.807) is 0 Å². The minimum absolute atomic E-state index is 0.161. The molecule has 1 aliphatic heterocycles. The van der Waals surface area contributed by atoms with Crippen LogP contribution in [0.2, 0.25) is 0 Å². The van der Waals surface area contributed by atoms with Gasteiger partial charge in [-0.2, -0.15) is 0 Å². The van der Waals surface area contributed by atoms with E-state index in [1.807, 2.05) is 0 Å². The fraction of sp³-hybridized carbons (Fsp3) is 0.600. The van der Waals surface area contributed by atoms with E-state index in [0.29, 0.717) is 5.06 Å². The maximum absolute atomic E-state index is 10.8. The summed E-state index contributed by atoms with van der Waals surface area (Å²) < 4.78 is 15.0. The number of imide groups is 1. The second kappa shape index (κ2) is 3.15. The van der Waals surface area contributed by atoms with Crippen LogP contribution in [0.25, 0.3) is 0 Å². The molecule has 0 aromatic carbocycles. The molecule has 2 amide bonds. The zero-order valence-corrected chi connectivity index (χ0v) is 6.99. The quantitative estimate of drug-likeness (QED) is 0.445. The van der Waals surface area contributed by atoms with E-state index < -0.39 is 19.8 Å². The lowest BCUT2D eigenvalue weighted by molar-refractivity contribution is -0.163. The molecule has 0 radical (unpaired) electrons. The SMILES string of the molecule is C[PH](=O)ON1C(=O)CCC1=O. The molecule has 5 nitrogen and oxygen atoms in total. The van der Waals surface area contributed by atoms with Crippen LogP contribution in [0.1, 0.15) is 12.8 Å². The fourth-order valence-electron chi connectivity index (χ4n) is 0.786. The fourth-order valence-corrected chi connectivity index (χ4v) is 1.25. The third-order valence-electron chi connectivity index (χ3n) is 1.23. The van der Waals surface area contributed by atoms with Gasteiger partial charge in [0.2, 0.25) is 8.03 Å². The number of hydrogen-bond acceptors (Lipinski definition) is 4. The average Bonchev–Trinajstić information content (AvgIpc) is 2.18. The van der Waals surface area contributed by atoms with Gasteiger partial charge in [0.05, 0.1) is 0 Å². The number of hydroxylamine groups is 2. The summed E-state index contributed by atoms with van der Waals surface area (Å²) in [6.07, 6.45) is 0.321. The summed E-state index contributed by atoms with van der Waals surface area (Å²) in [5.74, 6) is -0.814. The molecule has 0 bridgehead atoms. The van der Waals surface area contributed by atoms with Crippen LogP contribution < -0.4 is 0 Å². The Labute approximate surface area is 64.1 Å². The van der Waals surface area contributed by atoms with Crippen LogP contribution in [0.4, 0.5) is 0 Å². The number of rotatable bonds is 2. The maximum atomic E-state index is 10.8. The molecule has 62 valence electrons. The minimum Gasteiger partial charge on any atom is -0.294 e. The summed E-state index contributed by atoms with van der Waals surface area (Å²) in [7, 11) is -2.25. The second-order valence-corrected chi connectivity index (χ2v) is 3.33. The summed E-state index contributed by atoms with van der Waals surface area (Å²) in [6, 6.07) is 0. The molecule has 1 fully saturated rings. The number of nitrogens with zero attached hydrogens (tertiary/aromatic N) is 1. The third kappa shape index (κ3) is 1.88. The van der Waals surface area contributed by atoms with Crippen molar-refractivity contribution in [2.24, 2.45) is 0 Å². The highest BCUT2D eigenvalue weighted by molar-refractivity contribution is 7.38. The highest BCUT2D eigenvalue weighted by atomic mass is 31.1. The summed E-state index contributed by atoms with van der Waals surface area (Å²) in [5.41, 5.74) is 0. The molecule has 1 heterocycles. The molecule has 0 aromatic rings. The van der Waals surface area contributed by atoms with E-state index in [4.69, 9.17) is 0 Å². The standard InChI is InChI=1S/C5H8NO4P/c1-11(9)10-6-4(7)2-3-5(6)8/h11H,2-3H2,1H3. The van der Waals surface area contributed by atoms with Crippen LogP contribution in [-0.4, -0.2) is 23.5 Å². The predicted octanol–water partition coefficient (Wildman–Crippen LogP) is 0.171. The van der Waals surface area contributed by atoms with Gasteiger partial charge in [-0.25, -0.2) is 4.62 Å². The molecular weight excluding hydrogens is 169 g/mol. The molecule has 1 unspecified atom stereocenters. The van der Waals surface area contributed by atoms with Crippen molar-refractivity contribution in [2.75, 3.05) is 6.66 Å². The highest BCUT2D eigenvalue weighted by Gasteiger charge is 2.30. The van der Waals surface area contributed by atoms with Gasteiger partial charge in [0.25, 0.3) is 11.8 Å². The normalized spacial score (nSPS) is 21.0. The van der Waals surface area contributed by atoms with Gasteiger partial charge in [-0.15, -0.1) is 5.06 Å².